The van der Waals surface area contributed by atoms with Gasteiger partial charge in [-0.25, -0.2) is 4.39 Å². The highest BCUT2D eigenvalue weighted by atomic mass is 19.1. The third-order valence-corrected chi connectivity index (χ3v) is 8.13. The van der Waals surface area contributed by atoms with Crippen molar-refractivity contribution >= 4 is 16.7 Å². The molecule has 3 aromatic rings. The molecule has 0 spiro atoms. The predicted molar refractivity (Wildman–Crippen MR) is 148 cm³/mol. The van der Waals surface area contributed by atoms with Crippen molar-refractivity contribution in [3.63, 3.8) is 0 Å². The van der Waals surface area contributed by atoms with Crippen LogP contribution in [0.3, 0.4) is 0 Å². The van der Waals surface area contributed by atoms with Gasteiger partial charge in [0.1, 0.15) is 30.1 Å². The highest BCUT2D eigenvalue weighted by molar-refractivity contribution is 5.88. The first kappa shape index (κ1) is 27.0. The first-order valence-electron chi connectivity index (χ1n) is 13.7. The molecule has 0 saturated carbocycles. The van der Waals surface area contributed by atoms with Crippen LogP contribution in [0.15, 0.2) is 29.2 Å². The molecule has 1 saturated heterocycles. The molecule has 39 heavy (non-hydrogen) atoms. The van der Waals surface area contributed by atoms with E-state index >= 15 is 4.39 Å². The number of hydrogen-bond acceptors (Lipinski definition) is 7. The van der Waals surface area contributed by atoms with E-state index in [1.807, 2.05) is 20.8 Å². The second-order valence-electron chi connectivity index (χ2n) is 11.3. The second-order valence-corrected chi connectivity index (χ2v) is 11.3. The lowest BCUT2D eigenvalue weighted by atomic mass is 9.96. The van der Waals surface area contributed by atoms with Crippen LogP contribution in [0.4, 0.5) is 10.1 Å². The van der Waals surface area contributed by atoms with Crippen LogP contribution in [0, 0.1) is 17.1 Å². The zero-order valence-corrected chi connectivity index (χ0v) is 23.6. The van der Waals surface area contributed by atoms with E-state index in [9.17, 15) is 10.1 Å². The van der Waals surface area contributed by atoms with Crippen LogP contribution >= 0.6 is 0 Å². The molecular weight excluding hydrogens is 499 g/mol. The largest absolute Gasteiger partial charge is 0.486 e. The van der Waals surface area contributed by atoms with Gasteiger partial charge in [0.05, 0.1) is 23.5 Å². The molecule has 3 atom stereocenters. The standard InChI is InChI=1S/C29H37FN6O3/c1-7-19-15-36(23-13-27(37)33(6)24-16-34(10-9-31)32-28(23)24)20(8-2)14-35(19)18(3)21-11-25-26(12-22(21)30)39-29(4,5)17-38-25/h11-13,16,18-20H,7-8,10,14-15,17H2,1-6H3/t18?,19-,20+/m1/s1. The number of rotatable bonds is 6. The fraction of sp³-hybridized carbons (Fsp3) is 0.552. The van der Waals surface area contributed by atoms with Crippen LogP contribution in [0.5, 0.6) is 11.5 Å². The van der Waals surface area contributed by atoms with Gasteiger partial charge in [0.15, 0.2) is 11.5 Å². The van der Waals surface area contributed by atoms with E-state index in [0.717, 1.165) is 18.5 Å². The summed E-state index contributed by atoms with van der Waals surface area (Å²) in [4.78, 5) is 17.6. The van der Waals surface area contributed by atoms with Gasteiger partial charge in [-0.1, -0.05) is 13.8 Å². The lowest BCUT2D eigenvalue weighted by Crippen LogP contribution is -2.59. The molecule has 1 fully saturated rings. The number of aromatic nitrogens is 3. The molecule has 4 heterocycles. The molecule has 2 aliphatic rings. The number of fused-ring (bicyclic) bond motifs is 2. The Morgan fingerprint density at radius 3 is 2.62 bits per heavy atom. The summed E-state index contributed by atoms with van der Waals surface area (Å²) in [6, 6.07) is 7.04. The van der Waals surface area contributed by atoms with Crippen LogP contribution in [-0.4, -0.2) is 56.6 Å². The Morgan fingerprint density at radius 2 is 1.92 bits per heavy atom. The molecule has 2 aromatic heterocycles. The first-order valence-corrected chi connectivity index (χ1v) is 13.7. The lowest BCUT2D eigenvalue weighted by molar-refractivity contribution is 0.0204. The summed E-state index contributed by atoms with van der Waals surface area (Å²) >= 11 is 0. The van der Waals surface area contributed by atoms with Gasteiger partial charge in [-0.3, -0.25) is 14.4 Å². The van der Waals surface area contributed by atoms with E-state index in [1.165, 1.54) is 6.07 Å². The molecule has 0 bridgehead atoms. The maximum Gasteiger partial charge on any atom is 0.252 e. The molecule has 1 unspecified atom stereocenters. The van der Waals surface area contributed by atoms with Crippen LogP contribution < -0.4 is 19.9 Å². The SMILES string of the molecule is CC[C@H]1CN(C(C)c2cc3c(cc2F)OC(C)(C)CO3)[C@H](CC)CN1c1cc(=O)n(C)c2cn(CC#N)nc12. The summed E-state index contributed by atoms with van der Waals surface area (Å²) in [5.41, 5.74) is 2.17. The van der Waals surface area contributed by atoms with Crippen LogP contribution in [-0.2, 0) is 13.6 Å². The second kappa shape index (κ2) is 10.2. The number of hydrogen-bond donors (Lipinski definition) is 0. The molecule has 0 amide bonds. The van der Waals surface area contributed by atoms with Crippen molar-refractivity contribution in [3.05, 3.63) is 46.1 Å². The molecule has 10 heteroatoms. The third-order valence-electron chi connectivity index (χ3n) is 8.13. The van der Waals surface area contributed by atoms with Gasteiger partial charge < -0.3 is 18.9 Å². The smallest absolute Gasteiger partial charge is 0.252 e. The fourth-order valence-electron chi connectivity index (χ4n) is 5.89. The maximum atomic E-state index is 15.5. The van der Waals surface area contributed by atoms with Crippen molar-refractivity contribution in [2.75, 3.05) is 24.6 Å². The summed E-state index contributed by atoms with van der Waals surface area (Å²) < 4.78 is 30.5. The number of halogens is 1. The summed E-state index contributed by atoms with van der Waals surface area (Å²) in [6.45, 7) is 12.0. The maximum absolute atomic E-state index is 15.5. The summed E-state index contributed by atoms with van der Waals surface area (Å²) in [6.07, 6.45) is 3.45. The van der Waals surface area contributed by atoms with E-state index in [2.05, 4.69) is 34.8 Å². The molecule has 2 aliphatic heterocycles. The third kappa shape index (κ3) is 4.84. The topological polar surface area (TPSA) is 88.5 Å². The van der Waals surface area contributed by atoms with E-state index in [4.69, 9.17) is 9.47 Å². The van der Waals surface area contributed by atoms with E-state index < -0.39 is 5.60 Å². The number of benzene rings is 1. The average molecular weight is 537 g/mol. The highest BCUT2D eigenvalue weighted by Gasteiger charge is 2.38. The highest BCUT2D eigenvalue weighted by Crippen LogP contribution is 2.41. The van der Waals surface area contributed by atoms with Crippen molar-refractivity contribution in [3.8, 4) is 17.6 Å². The number of nitrogens with zero attached hydrogens (tertiary/aromatic N) is 6. The molecule has 0 radical (unpaired) electrons. The molecule has 0 N–H and O–H groups in total. The quantitative estimate of drug-likeness (QED) is 0.462. The number of aryl methyl sites for hydroxylation is 1. The number of piperazine rings is 1. The van der Waals surface area contributed by atoms with Crippen LogP contribution in [0.25, 0.3) is 11.0 Å². The summed E-state index contributed by atoms with van der Waals surface area (Å²) in [5.74, 6) is 0.712. The Hall–Kier alpha value is -3.58. The summed E-state index contributed by atoms with van der Waals surface area (Å²) in [5, 5.41) is 13.8. The number of pyridine rings is 1. The Kier molecular flexibility index (Phi) is 7.06. The monoisotopic (exact) mass is 536 g/mol. The first-order chi connectivity index (χ1) is 18.6. The Morgan fingerprint density at radius 1 is 1.18 bits per heavy atom. The van der Waals surface area contributed by atoms with Gasteiger partial charge in [0, 0.05) is 56.0 Å². The minimum absolute atomic E-state index is 0.0905. The minimum atomic E-state index is -0.501. The lowest BCUT2D eigenvalue weighted by Gasteiger charge is -2.49. The molecule has 9 nitrogen and oxygen atoms in total. The van der Waals surface area contributed by atoms with Gasteiger partial charge >= 0.3 is 0 Å². The molecular formula is C29H37FN6O3. The van der Waals surface area contributed by atoms with Crippen molar-refractivity contribution < 1.29 is 13.9 Å². The minimum Gasteiger partial charge on any atom is -0.486 e. The molecule has 0 aliphatic carbocycles. The van der Waals surface area contributed by atoms with Gasteiger partial charge in [-0.2, -0.15) is 10.4 Å². The van der Waals surface area contributed by atoms with Crippen molar-refractivity contribution in [1.29, 1.82) is 5.26 Å². The van der Waals surface area contributed by atoms with E-state index in [-0.39, 0.29) is 36.0 Å². The van der Waals surface area contributed by atoms with Gasteiger partial charge in [0.25, 0.3) is 5.56 Å². The average Bonchev–Trinajstić information content (AvgIpc) is 3.33. The van der Waals surface area contributed by atoms with Gasteiger partial charge in [-0.15, -0.1) is 0 Å². The van der Waals surface area contributed by atoms with Crippen molar-refractivity contribution in [2.45, 2.75) is 77.7 Å². The molecule has 208 valence electrons. The van der Waals surface area contributed by atoms with E-state index in [0.29, 0.717) is 47.8 Å². The molecule has 5 rings (SSSR count). The van der Waals surface area contributed by atoms with Crippen LogP contribution in [0.2, 0.25) is 0 Å². The van der Waals surface area contributed by atoms with Crippen molar-refractivity contribution in [1.82, 2.24) is 19.2 Å². The zero-order valence-electron chi connectivity index (χ0n) is 23.6. The number of nitriles is 1. The zero-order chi connectivity index (χ0) is 28.1. The predicted octanol–water partition coefficient (Wildman–Crippen LogP) is 4.39. The number of anilines is 1. The van der Waals surface area contributed by atoms with Crippen LogP contribution in [0.1, 0.15) is 59.1 Å². The Balaban J connectivity index is 1.48. The van der Waals surface area contributed by atoms with Crippen molar-refractivity contribution in [2.24, 2.45) is 7.05 Å². The molecule has 1 aromatic carbocycles. The number of ether oxygens (including phenoxy) is 2. The Labute approximate surface area is 228 Å². The Bertz CT molecular complexity index is 1490. The normalized spacial score (nSPS) is 21.6. The fourth-order valence-corrected chi connectivity index (χ4v) is 5.89. The van der Waals surface area contributed by atoms with Gasteiger partial charge in [-0.05, 0) is 39.7 Å². The summed E-state index contributed by atoms with van der Waals surface area (Å²) in [7, 11) is 1.72. The van der Waals surface area contributed by atoms with E-state index in [1.54, 1.807) is 34.6 Å². The van der Waals surface area contributed by atoms with Gasteiger partial charge in [0.2, 0.25) is 0 Å².